The van der Waals surface area contributed by atoms with Crippen molar-refractivity contribution in [1.29, 1.82) is 0 Å². The van der Waals surface area contributed by atoms with Gasteiger partial charge in [-0.15, -0.1) is 0 Å². The second kappa shape index (κ2) is 6.46. The first kappa shape index (κ1) is 17.7. The number of halogens is 3. The molecule has 0 radical (unpaired) electrons. The monoisotopic (exact) mass is 371 g/mol. The zero-order chi connectivity index (χ0) is 19.2. The van der Waals surface area contributed by atoms with E-state index < -0.39 is 12.2 Å². The van der Waals surface area contributed by atoms with Crippen molar-refractivity contribution in [3.63, 3.8) is 0 Å². The van der Waals surface area contributed by atoms with Crippen LogP contribution in [0.1, 0.15) is 16.7 Å². The number of allylic oxidation sites excluding steroid dienone is 2. The number of hydrazine groups is 1. The first-order valence-corrected chi connectivity index (χ1v) is 8.80. The van der Waals surface area contributed by atoms with E-state index in [1.165, 1.54) is 22.4 Å². The highest BCUT2D eigenvalue weighted by Crippen LogP contribution is 2.33. The summed E-state index contributed by atoms with van der Waals surface area (Å²) in [5.41, 5.74) is 10.5. The summed E-state index contributed by atoms with van der Waals surface area (Å²) in [6.07, 6.45) is 0.820. The number of dihydropyridines is 1. The molecule has 0 spiro atoms. The molecule has 27 heavy (non-hydrogen) atoms. The lowest BCUT2D eigenvalue weighted by Gasteiger charge is -2.21. The molecule has 0 saturated carbocycles. The van der Waals surface area contributed by atoms with Crippen LogP contribution in [0.3, 0.4) is 0 Å². The van der Waals surface area contributed by atoms with Crippen molar-refractivity contribution in [3.05, 3.63) is 76.6 Å². The molecule has 3 N–H and O–H groups in total. The fraction of sp³-hybridized carbons (Fsp3) is 0.238. The molecule has 0 aromatic heterocycles. The third-order valence-corrected chi connectivity index (χ3v) is 5.05. The fourth-order valence-electron chi connectivity index (χ4n) is 3.77. The maximum absolute atomic E-state index is 12.9. The van der Waals surface area contributed by atoms with Crippen LogP contribution in [-0.4, -0.2) is 18.8 Å². The second-order valence-electron chi connectivity index (χ2n) is 6.88. The van der Waals surface area contributed by atoms with Crippen molar-refractivity contribution in [1.82, 2.24) is 16.2 Å². The molecule has 0 bridgehead atoms. The van der Waals surface area contributed by atoms with E-state index in [9.17, 15) is 13.2 Å². The Labute approximate surface area is 155 Å². The highest BCUT2D eigenvalue weighted by molar-refractivity contribution is 5.93. The molecule has 0 saturated heterocycles. The van der Waals surface area contributed by atoms with Gasteiger partial charge >= 0.3 is 6.18 Å². The van der Waals surface area contributed by atoms with Crippen molar-refractivity contribution in [2.75, 3.05) is 6.54 Å². The van der Waals surface area contributed by atoms with Crippen molar-refractivity contribution >= 4 is 16.3 Å². The number of aryl methyl sites for hydroxylation is 2. The molecule has 2 aliphatic rings. The summed E-state index contributed by atoms with van der Waals surface area (Å²) in [5, 5.41) is 5.53. The molecule has 3 nitrogen and oxygen atoms in total. The minimum Gasteiger partial charge on any atom is -0.380 e. The second-order valence-corrected chi connectivity index (χ2v) is 6.88. The van der Waals surface area contributed by atoms with Crippen LogP contribution in [0.2, 0.25) is 0 Å². The van der Waals surface area contributed by atoms with Crippen molar-refractivity contribution in [2.24, 2.45) is 0 Å². The number of benzene rings is 2. The number of hydrogen-bond donors (Lipinski definition) is 3. The predicted molar refractivity (Wildman–Crippen MR) is 102 cm³/mol. The Bertz CT molecular complexity index is 1000. The van der Waals surface area contributed by atoms with Gasteiger partial charge in [0.05, 0.1) is 11.4 Å². The molecule has 1 atom stereocenters. The first-order valence-electron chi connectivity index (χ1n) is 8.80. The normalized spacial score (nSPS) is 19.9. The number of rotatable bonds is 2. The van der Waals surface area contributed by atoms with E-state index in [-0.39, 0.29) is 0 Å². The summed E-state index contributed by atoms with van der Waals surface area (Å²) in [6.45, 7) is 4.72. The standard InChI is InChI=1S/C21H20F3N3/c1-12-9-14-5-3-4-6-16(14)13(2)20(12)15-7-8-25-17(10-15)18-11-19(27-26-18)21(22,23)24/h3-7,9-11,19,25-27H,8H2,1-2H3. The highest BCUT2D eigenvalue weighted by Gasteiger charge is 2.41. The van der Waals surface area contributed by atoms with Gasteiger partial charge in [-0.3, -0.25) is 0 Å². The summed E-state index contributed by atoms with van der Waals surface area (Å²) in [6, 6.07) is 8.69. The van der Waals surface area contributed by atoms with Crippen molar-refractivity contribution in [3.8, 4) is 0 Å². The van der Waals surface area contributed by atoms with E-state index in [1.807, 2.05) is 18.2 Å². The van der Waals surface area contributed by atoms with Gasteiger partial charge in [0, 0.05) is 6.54 Å². The molecule has 2 heterocycles. The Morgan fingerprint density at radius 1 is 1.07 bits per heavy atom. The van der Waals surface area contributed by atoms with Gasteiger partial charge in [-0.25, -0.2) is 5.43 Å². The molecule has 2 aromatic carbocycles. The minimum absolute atomic E-state index is 0.416. The van der Waals surface area contributed by atoms with Crippen LogP contribution in [-0.2, 0) is 0 Å². The van der Waals surface area contributed by atoms with Crippen LogP contribution in [0, 0.1) is 13.8 Å². The van der Waals surface area contributed by atoms with Crippen LogP contribution < -0.4 is 16.2 Å². The maximum Gasteiger partial charge on any atom is 0.409 e. The van der Waals surface area contributed by atoms with Gasteiger partial charge in [0.25, 0.3) is 0 Å². The molecule has 6 heteroatoms. The largest absolute Gasteiger partial charge is 0.409 e. The van der Waals surface area contributed by atoms with E-state index in [1.54, 1.807) is 0 Å². The van der Waals surface area contributed by atoms with Crippen LogP contribution in [0.25, 0.3) is 16.3 Å². The van der Waals surface area contributed by atoms with Gasteiger partial charge in [0.1, 0.15) is 6.04 Å². The summed E-state index contributed by atoms with van der Waals surface area (Å²) in [7, 11) is 0. The summed E-state index contributed by atoms with van der Waals surface area (Å²) in [4.78, 5) is 0. The topological polar surface area (TPSA) is 36.1 Å². The van der Waals surface area contributed by atoms with Crippen LogP contribution in [0.15, 0.2) is 60.0 Å². The molecule has 4 rings (SSSR count). The van der Waals surface area contributed by atoms with Crippen LogP contribution >= 0.6 is 0 Å². The Balaban J connectivity index is 1.74. The zero-order valence-corrected chi connectivity index (χ0v) is 15.0. The lowest BCUT2D eigenvalue weighted by atomic mass is 9.89. The molecule has 0 fully saturated rings. The van der Waals surface area contributed by atoms with Gasteiger partial charge in [0.2, 0.25) is 0 Å². The first-order chi connectivity index (χ1) is 12.8. The van der Waals surface area contributed by atoms with E-state index in [0.717, 1.165) is 16.7 Å². The Morgan fingerprint density at radius 2 is 1.85 bits per heavy atom. The van der Waals surface area contributed by atoms with Gasteiger partial charge < -0.3 is 10.7 Å². The number of alkyl halides is 3. The predicted octanol–water partition coefficient (Wildman–Crippen LogP) is 4.25. The molecule has 2 aliphatic heterocycles. The lowest BCUT2D eigenvalue weighted by molar-refractivity contribution is -0.144. The third-order valence-electron chi connectivity index (χ3n) is 5.05. The van der Waals surface area contributed by atoms with Gasteiger partial charge in [0.15, 0.2) is 0 Å². The molecular weight excluding hydrogens is 351 g/mol. The number of hydrogen-bond acceptors (Lipinski definition) is 3. The van der Waals surface area contributed by atoms with Gasteiger partial charge in [-0.2, -0.15) is 13.2 Å². The summed E-state index contributed by atoms with van der Waals surface area (Å²) < 4.78 is 38.7. The van der Waals surface area contributed by atoms with Gasteiger partial charge in [-0.1, -0.05) is 36.4 Å². The minimum atomic E-state index is -4.33. The Morgan fingerprint density at radius 3 is 2.59 bits per heavy atom. The van der Waals surface area contributed by atoms with E-state index in [0.29, 0.717) is 17.9 Å². The average Bonchev–Trinajstić information content (AvgIpc) is 3.13. The number of nitrogens with one attached hydrogen (secondary N) is 3. The van der Waals surface area contributed by atoms with E-state index in [2.05, 4.69) is 54.3 Å². The molecule has 2 aromatic rings. The molecule has 0 aliphatic carbocycles. The van der Waals surface area contributed by atoms with Crippen molar-refractivity contribution in [2.45, 2.75) is 26.1 Å². The smallest absolute Gasteiger partial charge is 0.380 e. The molecule has 140 valence electrons. The summed E-state index contributed by atoms with van der Waals surface area (Å²) in [5.74, 6) is 0. The lowest BCUT2D eigenvalue weighted by Crippen LogP contribution is -2.42. The number of fused-ring (bicyclic) bond motifs is 1. The molecule has 1 unspecified atom stereocenters. The highest BCUT2D eigenvalue weighted by atomic mass is 19.4. The molecule has 0 amide bonds. The van der Waals surface area contributed by atoms with E-state index >= 15 is 0 Å². The Kier molecular flexibility index (Phi) is 4.23. The van der Waals surface area contributed by atoms with Gasteiger partial charge in [-0.05, 0) is 59.0 Å². The van der Waals surface area contributed by atoms with Crippen LogP contribution in [0.5, 0.6) is 0 Å². The molecular formula is C21H20F3N3. The zero-order valence-electron chi connectivity index (χ0n) is 15.0. The fourth-order valence-corrected chi connectivity index (χ4v) is 3.77. The maximum atomic E-state index is 12.9. The summed E-state index contributed by atoms with van der Waals surface area (Å²) >= 11 is 0. The Hall–Kier alpha value is -2.73. The van der Waals surface area contributed by atoms with Crippen LogP contribution in [0.4, 0.5) is 13.2 Å². The third kappa shape index (κ3) is 3.21. The van der Waals surface area contributed by atoms with E-state index in [4.69, 9.17) is 0 Å². The van der Waals surface area contributed by atoms with Crippen molar-refractivity contribution < 1.29 is 13.2 Å². The quantitative estimate of drug-likeness (QED) is 0.739. The average molecular weight is 371 g/mol. The SMILES string of the molecule is Cc1cc2ccccc2c(C)c1C1=CCNC(C2=CC(C(F)(F)F)NN2)=C1.